The van der Waals surface area contributed by atoms with Crippen LogP contribution in [0.5, 0.6) is 0 Å². The molecule has 40 heavy (non-hydrogen) atoms. The molecule has 1 N–H and O–H groups in total. The number of carbonyl (C=O) groups is 2. The Morgan fingerprint density at radius 1 is 1.07 bits per heavy atom. The third kappa shape index (κ3) is 7.55. The lowest BCUT2D eigenvalue weighted by atomic mass is 9.95. The number of amides is 1. The van der Waals surface area contributed by atoms with Crippen molar-refractivity contribution in [1.29, 1.82) is 0 Å². The van der Waals surface area contributed by atoms with Crippen LogP contribution in [-0.4, -0.2) is 46.7 Å². The van der Waals surface area contributed by atoms with E-state index in [1.54, 1.807) is 13.3 Å². The summed E-state index contributed by atoms with van der Waals surface area (Å²) in [6, 6.07) is 15.0. The average Bonchev–Trinajstić information content (AvgIpc) is 3.37. The van der Waals surface area contributed by atoms with Gasteiger partial charge in [-0.05, 0) is 61.9 Å². The fourth-order valence-corrected chi connectivity index (χ4v) is 5.16. The molecule has 8 heteroatoms. The van der Waals surface area contributed by atoms with Gasteiger partial charge in [0.05, 0.1) is 22.8 Å². The van der Waals surface area contributed by atoms with Gasteiger partial charge in [0.25, 0.3) is 5.91 Å². The third-order valence-electron chi connectivity index (χ3n) is 7.23. The number of fused-ring (bicyclic) bond motifs is 1. The lowest BCUT2D eigenvalue weighted by Crippen LogP contribution is -2.27. The lowest BCUT2D eigenvalue weighted by molar-refractivity contribution is 0.0935. The number of benzene rings is 2. The number of aryl methyl sites for hydroxylation is 1. The number of halogens is 1. The van der Waals surface area contributed by atoms with Gasteiger partial charge in [0.2, 0.25) is 0 Å². The van der Waals surface area contributed by atoms with Gasteiger partial charge >= 0.3 is 0 Å². The number of Topliss-reactive ketones (excluding diaryl/α,β-unsaturated/α-hetero) is 1. The van der Waals surface area contributed by atoms with E-state index in [1.807, 2.05) is 66.3 Å². The van der Waals surface area contributed by atoms with E-state index in [0.717, 1.165) is 65.5 Å². The zero-order valence-corrected chi connectivity index (χ0v) is 24.2. The molecular weight excluding hydrogens is 524 g/mol. The maximum Gasteiger partial charge on any atom is 0.251 e. The average molecular weight is 561 g/mol. The van der Waals surface area contributed by atoms with Crippen molar-refractivity contribution < 1.29 is 14.3 Å². The number of methoxy groups -OCH3 is 1. The molecule has 0 radical (unpaired) electrons. The Hall–Kier alpha value is -3.55. The van der Waals surface area contributed by atoms with Crippen LogP contribution in [0, 0.1) is 12.8 Å². The first-order valence-electron chi connectivity index (χ1n) is 13.9. The molecule has 0 bridgehead atoms. The SMILES string of the molecule is CCCC(CCCC(=O)c1ccc(-c2ccc(Cl)cn2)cc1)Cn1cc2c(C)c(C(=O)NCCOC)ccc2n1. The highest BCUT2D eigenvalue weighted by atomic mass is 35.5. The Labute approximate surface area is 240 Å². The summed E-state index contributed by atoms with van der Waals surface area (Å²) in [6.07, 6.45) is 8.10. The van der Waals surface area contributed by atoms with E-state index >= 15 is 0 Å². The summed E-state index contributed by atoms with van der Waals surface area (Å²) >= 11 is 5.93. The van der Waals surface area contributed by atoms with Gasteiger partial charge in [0, 0.05) is 61.1 Å². The zero-order valence-electron chi connectivity index (χ0n) is 23.5. The lowest BCUT2D eigenvalue weighted by Gasteiger charge is -2.16. The Balaban J connectivity index is 1.34. The topological polar surface area (TPSA) is 86.1 Å². The van der Waals surface area contributed by atoms with Gasteiger partial charge in [-0.25, -0.2) is 0 Å². The van der Waals surface area contributed by atoms with Crippen LogP contribution in [0.3, 0.4) is 0 Å². The van der Waals surface area contributed by atoms with Crippen LogP contribution < -0.4 is 5.32 Å². The molecule has 0 aliphatic carbocycles. The Morgan fingerprint density at radius 2 is 1.88 bits per heavy atom. The van der Waals surface area contributed by atoms with E-state index in [1.165, 1.54) is 0 Å². The molecule has 2 aromatic heterocycles. The van der Waals surface area contributed by atoms with Gasteiger partial charge in [-0.3, -0.25) is 19.3 Å². The van der Waals surface area contributed by atoms with Crippen LogP contribution in [0.4, 0.5) is 0 Å². The summed E-state index contributed by atoms with van der Waals surface area (Å²) in [6.45, 7) is 5.89. The van der Waals surface area contributed by atoms with E-state index in [0.29, 0.717) is 36.1 Å². The number of hydrogen-bond acceptors (Lipinski definition) is 5. The minimum atomic E-state index is -0.103. The fourth-order valence-electron chi connectivity index (χ4n) is 5.05. The first-order chi connectivity index (χ1) is 19.4. The molecule has 0 aliphatic rings. The smallest absolute Gasteiger partial charge is 0.251 e. The number of rotatable bonds is 14. The van der Waals surface area contributed by atoms with E-state index < -0.39 is 0 Å². The number of nitrogens with zero attached hydrogens (tertiary/aromatic N) is 3. The Kier molecular flexibility index (Phi) is 10.4. The molecule has 0 fully saturated rings. The number of ketones is 1. The second-order valence-electron chi connectivity index (χ2n) is 10.2. The van der Waals surface area contributed by atoms with Gasteiger partial charge in [0.1, 0.15) is 0 Å². The minimum Gasteiger partial charge on any atom is -0.383 e. The van der Waals surface area contributed by atoms with Crippen LogP contribution in [0.25, 0.3) is 22.2 Å². The van der Waals surface area contributed by atoms with E-state index in [2.05, 4.69) is 17.2 Å². The highest BCUT2D eigenvalue weighted by Crippen LogP contribution is 2.24. The molecule has 1 atom stereocenters. The van der Waals surface area contributed by atoms with Crippen LogP contribution in [-0.2, 0) is 11.3 Å². The van der Waals surface area contributed by atoms with Crippen molar-refractivity contribution in [2.24, 2.45) is 5.92 Å². The predicted octanol–water partition coefficient (Wildman–Crippen LogP) is 6.91. The zero-order chi connectivity index (χ0) is 28.5. The Morgan fingerprint density at radius 3 is 2.58 bits per heavy atom. The molecule has 2 aromatic carbocycles. The first-order valence-corrected chi connectivity index (χ1v) is 14.3. The molecule has 7 nitrogen and oxygen atoms in total. The van der Waals surface area contributed by atoms with Crippen LogP contribution in [0.15, 0.2) is 60.9 Å². The van der Waals surface area contributed by atoms with Crippen molar-refractivity contribution in [2.75, 3.05) is 20.3 Å². The number of carbonyl (C=O) groups excluding carboxylic acids is 2. The highest BCUT2D eigenvalue weighted by Gasteiger charge is 2.16. The van der Waals surface area contributed by atoms with Crippen molar-refractivity contribution >= 4 is 34.2 Å². The molecule has 0 spiro atoms. The van der Waals surface area contributed by atoms with Gasteiger partial charge in [-0.1, -0.05) is 49.2 Å². The fraction of sp³-hybridized carbons (Fsp3) is 0.375. The first kappa shape index (κ1) is 29.4. The number of pyridine rings is 1. The number of aromatic nitrogens is 3. The number of nitrogens with one attached hydrogen (secondary N) is 1. The molecule has 1 amide bonds. The second-order valence-corrected chi connectivity index (χ2v) is 10.6. The molecule has 0 saturated carbocycles. The van der Waals surface area contributed by atoms with Crippen molar-refractivity contribution in [3.05, 3.63) is 82.6 Å². The summed E-state index contributed by atoms with van der Waals surface area (Å²) < 4.78 is 7.02. The normalized spacial score (nSPS) is 12.0. The highest BCUT2D eigenvalue weighted by molar-refractivity contribution is 6.30. The van der Waals surface area contributed by atoms with E-state index in [9.17, 15) is 9.59 Å². The maximum atomic E-state index is 12.9. The van der Waals surface area contributed by atoms with Gasteiger partial charge in [-0.15, -0.1) is 0 Å². The molecule has 0 aliphatic heterocycles. The van der Waals surface area contributed by atoms with Crippen LogP contribution in [0.1, 0.15) is 65.3 Å². The quantitative estimate of drug-likeness (QED) is 0.134. The largest absolute Gasteiger partial charge is 0.383 e. The van der Waals surface area contributed by atoms with Gasteiger partial charge < -0.3 is 10.1 Å². The van der Waals surface area contributed by atoms with Crippen molar-refractivity contribution in [2.45, 2.75) is 52.5 Å². The van der Waals surface area contributed by atoms with Gasteiger partial charge in [0.15, 0.2) is 5.78 Å². The van der Waals surface area contributed by atoms with E-state index in [-0.39, 0.29) is 11.7 Å². The Bertz CT molecular complexity index is 1430. The summed E-state index contributed by atoms with van der Waals surface area (Å²) in [7, 11) is 1.61. The summed E-state index contributed by atoms with van der Waals surface area (Å²) in [4.78, 5) is 29.8. The standard InChI is InChI=1S/C32H37ClN4O3/c1-4-6-23(7-5-8-31(38)25-11-9-24(10-12-25)29-15-13-26(33)19-35-29)20-37-21-28-22(2)27(14-16-30(28)36-37)32(39)34-17-18-40-3/h9-16,19,21,23H,4-8,17-18,20H2,1-3H3,(H,34,39). The second kappa shape index (κ2) is 14.2. The van der Waals surface area contributed by atoms with Crippen LogP contribution >= 0.6 is 11.6 Å². The van der Waals surface area contributed by atoms with Gasteiger partial charge in [-0.2, -0.15) is 5.10 Å². The molecule has 0 saturated heterocycles. The molecular formula is C32H37ClN4O3. The molecule has 1 unspecified atom stereocenters. The predicted molar refractivity (Wildman–Crippen MR) is 160 cm³/mol. The van der Waals surface area contributed by atoms with Crippen molar-refractivity contribution in [1.82, 2.24) is 20.1 Å². The summed E-state index contributed by atoms with van der Waals surface area (Å²) in [5, 5.41) is 9.26. The van der Waals surface area contributed by atoms with Crippen molar-refractivity contribution in [3.8, 4) is 11.3 Å². The monoisotopic (exact) mass is 560 g/mol. The summed E-state index contributed by atoms with van der Waals surface area (Å²) in [5.41, 5.74) is 4.97. The maximum absolute atomic E-state index is 12.9. The van der Waals surface area contributed by atoms with Crippen molar-refractivity contribution in [3.63, 3.8) is 0 Å². The molecule has 210 valence electrons. The number of ether oxygens (including phenoxy) is 1. The molecule has 4 rings (SSSR count). The third-order valence-corrected chi connectivity index (χ3v) is 7.45. The number of hydrogen-bond donors (Lipinski definition) is 1. The minimum absolute atomic E-state index is 0.103. The van der Waals surface area contributed by atoms with E-state index in [4.69, 9.17) is 21.4 Å². The van der Waals surface area contributed by atoms with Crippen LogP contribution in [0.2, 0.25) is 5.02 Å². The molecule has 2 heterocycles. The molecule has 4 aromatic rings. The summed E-state index contributed by atoms with van der Waals surface area (Å²) in [5.74, 6) is 0.472.